The third-order valence-corrected chi connectivity index (χ3v) is 3.18. The Kier molecular flexibility index (Phi) is 4.68. The van der Waals surface area contributed by atoms with Crippen LogP contribution in [-0.2, 0) is 22.5 Å². The van der Waals surface area contributed by atoms with Gasteiger partial charge in [0.05, 0.1) is 18.9 Å². The van der Waals surface area contributed by atoms with Gasteiger partial charge in [0, 0.05) is 18.6 Å². The molecule has 0 aromatic carbocycles. The van der Waals surface area contributed by atoms with Crippen LogP contribution in [0, 0.1) is 5.92 Å². The number of rotatable bonds is 5. The lowest BCUT2D eigenvalue weighted by atomic mass is 10.0. The maximum absolute atomic E-state index is 5.76. The van der Waals surface area contributed by atoms with E-state index in [2.05, 4.69) is 29.2 Å². The van der Waals surface area contributed by atoms with Crippen LogP contribution in [-0.4, -0.2) is 23.2 Å². The average molecular weight is 266 g/mol. The summed E-state index contributed by atoms with van der Waals surface area (Å²) in [4.78, 5) is 9.14. The Labute approximate surface area is 113 Å². The van der Waals surface area contributed by atoms with Gasteiger partial charge in [-0.3, -0.25) is 0 Å². The Balaban J connectivity index is 2.40. The molecule has 1 aromatic heterocycles. The monoisotopic (exact) mass is 266 g/mol. The molecule has 0 aliphatic carbocycles. The molecule has 0 radical (unpaired) electrons. The lowest BCUT2D eigenvalue weighted by Gasteiger charge is -2.24. The molecule has 0 fully saturated rings. The third-order valence-electron chi connectivity index (χ3n) is 3.18. The molecular weight excluding hydrogens is 244 g/mol. The number of nitrogens with zero attached hydrogens (tertiary/aromatic N) is 2. The lowest BCUT2D eigenvalue weighted by molar-refractivity contribution is 0.0226. The van der Waals surface area contributed by atoms with E-state index in [1.807, 2.05) is 6.92 Å². The van der Waals surface area contributed by atoms with Crippen molar-refractivity contribution in [3.8, 4) is 0 Å². The van der Waals surface area contributed by atoms with Crippen LogP contribution >= 0.6 is 0 Å². The Morgan fingerprint density at radius 2 is 2.21 bits per heavy atom. The smallest absolute Gasteiger partial charge is 0.160 e. The number of hydrogen-bond acceptors (Lipinski definition) is 6. The van der Waals surface area contributed by atoms with Crippen molar-refractivity contribution in [1.29, 1.82) is 0 Å². The number of nitrogen functional groups attached to an aromatic ring is 1. The number of fused-ring (bicyclic) bond motifs is 1. The Hall–Kier alpha value is -1.24. The fourth-order valence-corrected chi connectivity index (χ4v) is 2.24. The first-order valence-electron chi connectivity index (χ1n) is 6.73. The summed E-state index contributed by atoms with van der Waals surface area (Å²) < 4.78 is 11.2. The zero-order valence-corrected chi connectivity index (χ0v) is 11.8. The number of nitrogens with two attached hydrogens (primary N) is 1. The van der Waals surface area contributed by atoms with Gasteiger partial charge in [-0.05, 0) is 12.8 Å². The molecular formula is C13H22N4O2. The molecule has 2 heterocycles. The van der Waals surface area contributed by atoms with Crippen molar-refractivity contribution in [1.82, 2.24) is 9.97 Å². The largest absolute Gasteiger partial charge is 0.376 e. The van der Waals surface area contributed by atoms with Crippen LogP contribution in [0.25, 0.3) is 0 Å². The maximum Gasteiger partial charge on any atom is 0.160 e. The van der Waals surface area contributed by atoms with Crippen molar-refractivity contribution in [2.75, 3.05) is 18.6 Å². The SMILES string of the molecule is CCOC(c1nc2c(c(NN)n1)COCC2)C(C)C. The summed E-state index contributed by atoms with van der Waals surface area (Å²) in [6.45, 7) is 8.01. The number of hydrazine groups is 1. The summed E-state index contributed by atoms with van der Waals surface area (Å²) in [5, 5.41) is 0. The summed E-state index contributed by atoms with van der Waals surface area (Å²) in [6.07, 6.45) is 0.682. The predicted molar refractivity (Wildman–Crippen MR) is 72.4 cm³/mol. The number of nitrogens with one attached hydrogen (secondary N) is 1. The molecule has 1 unspecified atom stereocenters. The number of hydrogen-bond donors (Lipinski definition) is 2. The average Bonchev–Trinajstić information content (AvgIpc) is 2.43. The van der Waals surface area contributed by atoms with Crippen molar-refractivity contribution >= 4 is 5.82 Å². The minimum atomic E-state index is -0.106. The van der Waals surface area contributed by atoms with E-state index < -0.39 is 0 Å². The normalized spacial score (nSPS) is 16.3. The second-order valence-electron chi connectivity index (χ2n) is 4.92. The second-order valence-corrected chi connectivity index (χ2v) is 4.92. The maximum atomic E-state index is 5.76. The minimum Gasteiger partial charge on any atom is -0.376 e. The summed E-state index contributed by atoms with van der Waals surface area (Å²) in [6, 6.07) is 0. The van der Waals surface area contributed by atoms with Crippen LogP contribution < -0.4 is 11.3 Å². The van der Waals surface area contributed by atoms with Crippen LogP contribution in [0.5, 0.6) is 0 Å². The first-order chi connectivity index (χ1) is 9.17. The fraction of sp³-hybridized carbons (Fsp3) is 0.692. The van der Waals surface area contributed by atoms with Gasteiger partial charge in [-0.25, -0.2) is 15.8 Å². The third kappa shape index (κ3) is 3.02. The zero-order chi connectivity index (χ0) is 13.8. The molecule has 0 bridgehead atoms. The molecule has 0 saturated heterocycles. The van der Waals surface area contributed by atoms with E-state index in [9.17, 15) is 0 Å². The minimum absolute atomic E-state index is 0.106. The van der Waals surface area contributed by atoms with Crippen LogP contribution in [0.4, 0.5) is 5.82 Å². The van der Waals surface area contributed by atoms with E-state index in [0.717, 1.165) is 17.7 Å². The van der Waals surface area contributed by atoms with Gasteiger partial charge in [0.15, 0.2) is 5.82 Å². The highest BCUT2D eigenvalue weighted by atomic mass is 16.5. The molecule has 106 valence electrons. The summed E-state index contributed by atoms with van der Waals surface area (Å²) in [5.41, 5.74) is 4.61. The van der Waals surface area contributed by atoms with Crippen LogP contribution in [0.2, 0.25) is 0 Å². The van der Waals surface area contributed by atoms with Crippen molar-refractivity contribution < 1.29 is 9.47 Å². The molecule has 1 atom stereocenters. The highest BCUT2D eigenvalue weighted by molar-refractivity contribution is 5.46. The Bertz CT molecular complexity index is 420. The molecule has 1 aromatic rings. The van der Waals surface area contributed by atoms with Gasteiger partial charge in [-0.15, -0.1) is 0 Å². The van der Waals surface area contributed by atoms with Gasteiger partial charge < -0.3 is 14.9 Å². The Morgan fingerprint density at radius 3 is 2.84 bits per heavy atom. The first kappa shape index (κ1) is 14.2. The molecule has 6 nitrogen and oxygen atoms in total. The van der Waals surface area contributed by atoms with E-state index in [1.54, 1.807) is 0 Å². The second kappa shape index (κ2) is 6.27. The van der Waals surface area contributed by atoms with E-state index in [1.165, 1.54) is 0 Å². The van der Waals surface area contributed by atoms with Gasteiger partial charge in [0.2, 0.25) is 0 Å². The summed E-state index contributed by atoms with van der Waals surface area (Å²) >= 11 is 0. The van der Waals surface area contributed by atoms with Crippen molar-refractivity contribution in [2.24, 2.45) is 11.8 Å². The first-order valence-corrected chi connectivity index (χ1v) is 6.73. The van der Waals surface area contributed by atoms with E-state index in [0.29, 0.717) is 37.4 Å². The molecule has 0 saturated carbocycles. The molecule has 6 heteroatoms. The Morgan fingerprint density at radius 1 is 1.42 bits per heavy atom. The molecule has 19 heavy (non-hydrogen) atoms. The molecule has 0 spiro atoms. The standard InChI is InChI=1S/C13H22N4O2/c1-4-19-11(8(2)3)13-15-10-5-6-18-7-9(10)12(16-13)17-14/h8,11H,4-7,14H2,1-3H3,(H,15,16,17). The summed E-state index contributed by atoms with van der Waals surface area (Å²) in [5.74, 6) is 7.21. The molecule has 2 rings (SSSR count). The molecule has 3 N–H and O–H groups in total. The van der Waals surface area contributed by atoms with Crippen LogP contribution in [0.1, 0.15) is 44.0 Å². The predicted octanol–water partition coefficient (Wildman–Crippen LogP) is 1.57. The molecule has 1 aliphatic rings. The quantitative estimate of drug-likeness (QED) is 0.622. The number of anilines is 1. The van der Waals surface area contributed by atoms with E-state index in [-0.39, 0.29) is 6.10 Å². The fourth-order valence-electron chi connectivity index (χ4n) is 2.24. The van der Waals surface area contributed by atoms with Gasteiger partial charge in [-0.1, -0.05) is 13.8 Å². The van der Waals surface area contributed by atoms with Gasteiger partial charge >= 0.3 is 0 Å². The topological polar surface area (TPSA) is 82.3 Å². The summed E-state index contributed by atoms with van der Waals surface area (Å²) in [7, 11) is 0. The van der Waals surface area contributed by atoms with Crippen molar-refractivity contribution in [3.05, 3.63) is 17.1 Å². The number of aromatic nitrogens is 2. The lowest BCUT2D eigenvalue weighted by Crippen LogP contribution is -2.23. The molecule has 1 aliphatic heterocycles. The van der Waals surface area contributed by atoms with Crippen LogP contribution in [0.15, 0.2) is 0 Å². The zero-order valence-electron chi connectivity index (χ0n) is 11.8. The van der Waals surface area contributed by atoms with E-state index in [4.69, 9.17) is 15.3 Å². The van der Waals surface area contributed by atoms with Crippen molar-refractivity contribution in [2.45, 2.75) is 39.9 Å². The number of ether oxygens (including phenoxy) is 2. The van der Waals surface area contributed by atoms with Gasteiger partial charge in [-0.2, -0.15) is 0 Å². The van der Waals surface area contributed by atoms with Crippen LogP contribution in [0.3, 0.4) is 0 Å². The highest BCUT2D eigenvalue weighted by Crippen LogP contribution is 2.28. The van der Waals surface area contributed by atoms with E-state index >= 15 is 0 Å². The van der Waals surface area contributed by atoms with Gasteiger partial charge in [0.1, 0.15) is 11.9 Å². The highest BCUT2D eigenvalue weighted by Gasteiger charge is 2.24. The molecule has 0 amide bonds. The van der Waals surface area contributed by atoms with Crippen molar-refractivity contribution in [3.63, 3.8) is 0 Å². The van der Waals surface area contributed by atoms with Gasteiger partial charge in [0.25, 0.3) is 0 Å².